The van der Waals surface area contributed by atoms with Gasteiger partial charge in [0.25, 0.3) is 0 Å². The van der Waals surface area contributed by atoms with Gasteiger partial charge < -0.3 is 15.8 Å². The Hall–Kier alpha value is -0.610. The maximum Gasteiger partial charge on any atom is 0.237 e. The molecule has 0 saturated carbocycles. The average molecular weight is 200 g/mol. The van der Waals surface area contributed by atoms with Gasteiger partial charge in [0.15, 0.2) is 0 Å². The monoisotopic (exact) mass is 200 g/mol. The minimum atomic E-state index is -0.424. The molecule has 2 unspecified atom stereocenters. The second-order valence-electron chi connectivity index (χ2n) is 4.62. The van der Waals surface area contributed by atoms with E-state index in [2.05, 4.69) is 5.32 Å². The van der Waals surface area contributed by atoms with Crippen LogP contribution in [-0.2, 0) is 9.53 Å². The molecular weight excluding hydrogens is 180 g/mol. The van der Waals surface area contributed by atoms with Crippen molar-refractivity contribution in [2.24, 2.45) is 11.7 Å². The van der Waals surface area contributed by atoms with E-state index < -0.39 is 6.04 Å². The molecule has 2 atom stereocenters. The molecule has 0 bridgehead atoms. The molecule has 1 rings (SSSR count). The number of ether oxygens (including phenoxy) is 1. The average Bonchev–Trinajstić information content (AvgIpc) is 2.50. The predicted molar refractivity (Wildman–Crippen MR) is 54.8 cm³/mol. The van der Waals surface area contributed by atoms with Crippen molar-refractivity contribution in [1.29, 1.82) is 0 Å². The van der Waals surface area contributed by atoms with Crippen LogP contribution in [0, 0.1) is 5.92 Å². The number of carbonyl (C=O) groups is 1. The number of hydrogen-bond donors (Lipinski definition) is 2. The van der Waals surface area contributed by atoms with Crippen LogP contribution in [0.5, 0.6) is 0 Å². The van der Waals surface area contributed by atoms with E-state index in [1.807, 2.05) is 20.8 Å². The molecule has 1 amide bonds. The second kappa shape index (κ2) is 4.28. The summed E-state index contributed by atoms with van der Waals surface area (Å²) in [5, 5.41) is 2.95. The molecule has 1 aliphatic rings. The normalized spacial score (nSPS) is 29.2. The van der Waals surface area contributed by atoms with Gasteiger partial charge in [-0.3, -0.25) is 4.79 Å². The smallest absolute Gasteiger partial charge is 0.237 e. The van der Waals surface area contributed by atoms with E-state index in [0.717, 1.165) is 6.42 Å². The zero-order chi connectivity index (χ0) is 10.8. The van der Waals surface area contributed by atoms with Gasteiger partial charge in [0.1, 0.15) is 0 Å². The Labute approximate surface area is 85.2 Å². The fourth-order valence-corrected chi connectivity index (χ4v) is 1.45. The first-order chi connectivity index (χ1) is 6.44. The van der Waals surface area contributed by atoms with Crippen molar-refractivity contribution in [2.75, 3.05) is 13.2 Å². The van der Waals surface area contributed by atoms with E-state index in [4.69, 9.17) is 10.5 Å². The minimum Gasteiger partial charge on any atom is -0.379 e. The molecule has 14 heavy (non-hydrogen) atoms. The van der Waals surface area contributed by atoms with Crippen LogP contribution in [-0.4, -0.2) is 30.7 Å². The molecule has 0 spiro atoms. The van der Waals surface area contributed by atoms with E-state index >= 15 is 0 Å². The highest BCUT2D eigenvalue weighted by atomic mass is 16.5. The highest BCUT2D eigenvalue weighted by molar-refractivity contribution is 5.82. The van der Waals surface area contributed by atoms with Crippen LogP contribution in [0.25, 0.3) is 0 Å². The summed E-state index contributed by atoms with van der Waals surface area (Å²) < 4.78 is 5.25. The highest BCUT2D eigenvalue weighted by Gasteiger charge is 2.33. The van der Waals surface area contributed by atoms with Gasteiger partial charge in [0.2, 0.25) is 5.91 Å². The molecule has 1 saturated heterocycles. The number of carbonyl (C=O) groups excluding carboxylic acids is 1. The lowest BCUT2D eigenvalue weighted by atomic mass is 9.99. The van der Waals surface area contributed by atoms with Gasteiger partial charge in [-0.15, -0.1) is 0 Å². The van der Waals surface area contributed by atoms with Crippen molar-refractivity contribution in [1.82, 2.24) is 5.32 Å². The van der Waals surface area contributed by atoms with Crippen molar-refractivity contribution >= 4 is 5.91 Å². The Bertz CT molecular complexity index is 210. The SMILES string of the molecule is CC(C)C(N)C(=O)NC1(C)CCOC1. The van der Waals surface area contributed by atoms with Gasteiger partial charge in [0.05, 0.1) is 18.2 Å². The van der Waals surface area contributed by atoms with E-state index in [-0.39, 0.29) is 17.4 Å². The fourth-order valence-electron chi connectivity index (χ4n) is 1.45. The first-order valence-electron chi connectivity index (χ1n) is 5.10. The summed E-state index contributed by atoms with van der Waals surface area (Å²) in [5.41, 5.74) is 5.53. The summed E-state index contributed by atoms with van der Waals surface area (Å²) >= 11 is 0. The van der Waals surface area contributed by atoms with Crippen molar-refractivity contribution in [3.63, 3.8) is 0 Å². The molecule has 1 aliphatic heterocycles. The van der Waals surface area contributed by atoms with Gasteiger partial charge in [-0.1, -0.05) is 13.8 Å². The first-order valence-corrected chi connectivity index (χ1v) is 5.10. The summed E-state index contributed by atoms with van der Waals surface area (Å²) in [6.07, 6.45) is 0.865. The van der Waals surface area contributed by atoms with Crippen molar-refractivity contribution in [3.05, 3.63) is 0 Å². The summed E-state index contributed by atoms with van der Waals surface area (Å²) in [6.45, 7) is 7.18. The molecule has 4 heteroatoms. The van der Waals surface area contributed by atoms with E-state index in [0.29, 0.717) is 13.2 Å². The van der Waals surface area contributed by atoms with Crippen LogP contribution in [0.3, 0.4) is 0 Å². The summed E-state index contributed by atoms with van der Waals surface area (Å²) in [6, 6.07) is -0.424. The first kappa shape index (κ1) is 11.5. The van der Waals surface area contributed by atoms with Crippen LogP contribution < -0.4 is 11.1 Å². The summed E-state index contributed by atoms with van der Waals surface area (Å²) in [7, 11) is 0. The third kappa shape index (κ3) is 2.69. The summed E-state index contributed by atoms with van der Waals surface area (Å²) in [4.78, 5) is 11.7. The molecule has 0 aromatic carbocycles. The Morgan fingerprint density at radius 2 is 2.21 bits per heavy atom. The predicted octanol–water partition coefficient (Wildman–Crippen LogP) is 0.265. The standard InChI is InChI=1S/C10H20N2O2/c1-7(2)8(11)9(13)12-10(3)4-5-14-6-10/h7-8H,4-6,11H2,1-3H3,(H,12,13). The lowest BCUT2D eigenvalue weighted by Crippen LogP contribution is -2.53. The van der Waals surface area contributed by atoms with Crippen LogP contribution >= 0.6 is 0 Å². The lowest BCUT2D eigenvalue weighted by Gasteiger charge is -2.26. The largest absolute Gasteiger partial charge is 0.379 e. The lowest BCUT2D eigenvalue weighted by molar-refractivity contribution is -0.125. The van der Waals surface area contributed by atoms with Crippen LogP contribution in [0.2, 0.25) is 0 Å². The molecular formula is C10H20N2O2. The second-order valence-corrected chi connectivity index (χ2v) is 4.62. The zero-order valence-electron chi connectivity index (χ0n) is 9.17. The van der Waals surface area contributed by atoms with Gasteiger partial charge in [0, 0.05) is 6.61 Å². The maximum absolute atomic E-state index is 11.7. The quantitative estimate of drug-likeness (QED) is 0.687. The molecule has 0 aromatic rings. The van der Waals surface area contributed by atoms with Gasteiger partial charge in [-0.05, 0) is 19.3 Å². The molecule has 82 valence electrons. The van der Waals surface area contributed by atoms with Gasteiger partial charge in [-0.25, -0.2) is 0 Å². The molecule has 0 radical (unpaired) electrons. The molecule has 3 N–H and O–H groups in total. The van der Waals surface area contributed by atoms with E-state index in [1.54, 1.807) is 0 Å². The Balaban J connectivity index is 2.47. The van der Waals surface area contributed by atoms with Crippen molar-refractivity contribution in [2.45, 2.75) is 38.8 Å². The number of rotatable bonds is 3. The highest BCUT2D eigenvalue weighted by Crippen LogP contribution is 2.17. The molecule has 0 aromatic heterocycles. The Morgan fingerprint density at radius 3 is 2.64 bits per heavy atom. The van der Waals surface area contributed by atoms with Crippen LogP contribution in [0.1, 0.15) is 27.2 Å². The summed E-state index contributed by atoms with van der Waals surface area (Å²) in [5.74, 6) is 0.0916. The Morgan fingerprint density at radius 1 is 1.57 bits per heavy atom. The topological polar surface area (TPSA) is 64.4 Å². The zero-order valence-corrected chi connectivity index (χ0v) is 9.17. The number of amides is 1. The van der Waals surface area contributed by atoms with Crippen LogP contribution in [0.4, 0.5) is 0 Å². The molecule has 0 aliphatic carbocycles. The van der Waals surface area contributed by atoms with Gasteiger partial charge in [-0.2, -0.15) is 0 Å². The van der Waals surface area contributed by atoms with Gasteiger partial charge >= 0.3 is 0 Å². The third-order valence-corrected chi connectivity index (χ3v) is 2.66. The molecule has 4 nitrogen and oxygen atoms in total. The van der Waals surface area contributed by atoms with Crippen molar-refractivity contribution in [3.8, 4) is 0 Å². The van der Waals surface area contributed by atoms with E-state index in [9.17, 15) is 4.79 Å². The molecule has 1 heterocycles. The minimum absolute atomic E-state index is 0.0759. The Kier molecular flexibility index (Phi) is 3.50. The van der Waals surface area contributed by atoms with Crippen LogP contribution in [0.15, 0.2) is 0 Å². The fraction of sp³-hybridized carbons (Fsp3) is 0.900. The number of hydrogen-bond acceptors (Lipinski definition) is 3. The number of nitrogens with one attached hydrogen (secondary N) is 1. The van der Waals surface area contributed by atoms with E-state index in [1.165, 1.54) is 0 Å². The molecule has 1 fully saturated rings. The number of nitrogens with two attached hydrogens (primary N) is 1. The maximum atomic E-state index is 11.7. The van der Waals surface area contributed by atoms with Crippen molar-refractivity contribution < 1.29 is 9.53 Å². The third-order valence-electron chi connectivity index (χ3n) is 2.66.